The summed E-state index contributed by atoms with van der Waals surface area (Å²) in [6.45, 7) is 10.5. The van der Waals surface area contributed by atoms with E-state index in [0.29, 0.717) is 19.0 Å². The van der Waals surface area contributed by atoms with Gasteiger partial charge in [0.05, 0.1) is 13.2 Å². The predicted octanol–water partition coefficient (Wildman–Crippen LogP) is 3.65. The lowest BCUT2D eigenvalue weighted by atomic mass is 10.00. The van der Waals surface area contributed by atoms with Gasteiger partial charge in [-0.25, -0.2) is 4.79 Å². The molecule has 0 radical (unpaired) electrons. The van der Waals surface area contributed by atoms with E-state index in [-0.39, 0.29) is 6.09 Å². The van der Waals surface area contributed by atoms with Crippen LogP contribution in [0.25, 0.3) is 0 Å². The second kappa shape index (κ2) is 6.20. The normalized spacial score (nSPS) is 20.6. The number of ether oxygens (including phenoxy) is 2. The van der Waals surface area contributed by atoms with Crippen molar-refractivity contribution in [2.24, 2.45) is 0 Å². The maximum Gasteiger partial charge on any atom is 0.410 e. The topological polar surface area (TPSA) is 42.0 Å². The van der Waals surface area contributed by atoms with Crippen LogP contribution in [-0.2, 0) is 22.6 Å². The second-order valence-electron chi connectivity index (χ2n) is 8.39. The molecule has 1 saturated heterocycles. The third-order valence-corrected chi connectivity index (χ3v) is 5.09. The maximum atomic E-state index is 12.4. The molecule has 0 unspecified atom stereocenters. The van der Waals surface area contributed by atoms with Gasteiger partial charge >= 0.3 is 6.09 Å². The van der Waals surface area contributed by atoms with Gasteiger partial charge in [0.15, 0.2) is 0 Å². The summed E-state index contributed by atoms with van der Waals surface area (Å²) < 4.78 is 11.1. The molecular weight excluding hydrogens is 316 g/mol. The van der Waals surface area contributed by atoms with Gasteiger partial charge in [-0.1, -0.05) is 6.07 Å². The van der Waals surface area contributed by atoms with Crippen LogP contribution in [-0.4, -0.2) is 42.9 Å². The van der Waals surface area contributed by atoms with Crippen molar-refractivity contribution < 1.29 is 14.3 Å². The number of amides is 1. The molecule has 0 spiro atoms. The van der Waals surface area contributed by atoms with E-state index in [9.17, 15) is 4.79 Å². The van der Waals surface area contributed by atoms with Crippen molar-refractivity contribution in [1.29, 1.82) is 0 Å². The second-order valence-corrected chi connectivity index (χ2v) is 8.39. The van der Waals surface area contributed by atoms with Crippen LogP contribution in [0.1, 0.15) is 56.2 Å². The number of hydrogen-bond acceptors (Lipinski definition) is 4. The molecule has 1 aromatic carbocycles. The number of benzene rings is 1. The van der Waals surface area contributed by atoms with E-state index in [1.807, 2.05) is 25.7 Å². The van der Waals surface area contributed by atoms with Crippen LogP contribution in [0.4, 0.5) is 10.5 Å². The van der Waals surface area contributed by atoms with Crippen LogP contribution in [0.15, 0.2) is 12.1 Å². The Hall–Kier alpha value is -1.75. The molecule has 1 saturated carbocycles. The van der Waals surface area contributed by atoms with Gasteiger partial charge in [0.1, 0.15) is 5.60 Å². The summed E-state index contributed by atoms with van der Waals surface area (Å²) in [5.74, 6) is 0.693. The third kappa shape index (κ3) is 3.61. The van der Waals surface area contributed by atoms with E-state index in [0.717, 1.165) is 26.3 Å². The molecule has 1 amide bonds. The average Bonchev–Trinajstić information content (AvgIpc) is 3.32. The summed E-state index contributed by atoms with van der Waals surface area (Å²) >= 11 is 0. The summed E-state index contributed by atoms with van der Waals surface area (Å²) in [5, 5.41) is 0. The van der Waals surface area contributed by atoms with Gasteiger partial charge in [0, 0.05) is 31.9 Å². The fraction of sp³-hybridized carbons (Fsp3) is 0.650. The molecule has 1 aromatic rings. The van der Waals surface area contributed by atoms with Gasteiger partial charge in [0.2, 0.25) is 0 Å². The fourth-order valence-corrected chi connectivity index (χ4v) is 3.71. The molecule has 136 valence electrons. The molecule has 5 nitrogen and oxygen atoms in total. The summed E-state index contributed by atoms with van der Waals surface area (Å²) in [5.41, 5.74) is 4.91. The largest absolute Gasteiger partial charge is 0.444 e. The molecule has 0 atom stereocenters. The van der Waals surface area contributed by atoms with Crippen LogP contribution < -0.4 is 4.90 Å². The van der Waals surface area contributed by atoms with Crippen LogP contribution in [0.2, 0.25) is 0 Å². The van der Waals surface area contributed by atoms with Crippen LogP contribution in [0.5, 0.6) is 0 Å². The lowest BCUT2D eigenvalue weighted by Gasteiger charge is -2.31. The Labute approximate surface area is 149 Å². The Balaban J connectivity index is 1.58. The summed E-state index contributed by atoms with van der Waals surface area (Å²) in [7, 11) is 0. The molecule has 0 bridgehead atoms. The Kier molecular flexibility index (Phi) is 4.14. The zero-order valence-corrected chi connectivity index (χ0v) is 15.5. The van der Waals surface area contributed by atoms with Crippen LogP contribution in [0.3, 0.4) is 0 Å². The lowest BCUT2D eigenvalue weighted by Crippen LogP contribution is -2.36. The monoisotopic (exact) mass is 344 g/mol. The molecule has 5 heteroatoms. The number of fused-ring (bicyclic) bond motifs is 1. The molecule has 1 aliphatic carbocycles. The van der Waals surface area contributed by atoms with Crippen LogP contribution >= 0.6 is 0 Å². The highest BCUT2D eigenvalue weighted by molar-refractivity contribution is 5.70. The van der Waals surface area contributed by atoms with E-state index in [4.69, 9.17) is 9.47 Å². The highest BCUT2D eigenvalue weighted by Gasteiger charge is 2.33. The minimum Gasteiger partial charge on any atom is -0.444 e. The van der Waals surface area contributed by atoms with E-state index in [1.165, 1.54) is 35.2 Å². The smallest absolute Gasteiger partial charge is 0.410 e. The molecule has 2 fully saturated rings. The first-order chi connectivity index (χ1) is 11.9. The molecule has 25 heavy (non-hydrogen) atoms. The van der Waals surface area contributed by atoms with Crippen molar-refractivity contribution in [3.63, 3.8) is 0 Å². The number of anilines is 1. The van der Waals surface area contributed by atoms with Gasteiger partial charge in [-0.15, -0.1) is 0 Å². The lowest BCUT2D eigenvalue weighted by molar-refractivity contribution is 0.0242. The fourth-order valence-electron chi connectivity index (χ4n) is 3.71. The summed E-state index contributed by atoms with van der Waals surface area (Å²) in [6, 6.07) is 4.67. The SMILES string of the molecule is CC(C)(C)OC(=O)N1Cc2cc(C3CC3)c(N3CCOCC3)cc2C1. The number of hydrogen-bond donors (Lipinski definition) is 0. The molecular formula is C20H28N2O3. The van der Waals surface area contributed by atoms with Gasteiger partial charge in [0.25, 0.3) is 0 Å². The molecule has 3 aliphatic rings. The molecule has 0 aromatic heterocycles. The molecule has 4 rings (SSSR count). The predicted molar refractivity (Wildman–Crippen MR) is 96.9 cm³/mol. The zero-order valence-electron chi connectivity index (χ0n) is 15.5. The van der Waals surface area contributed by atoms with E-state index in [1.54, 1.807) is 0 Å². The first kappa shape index (κ1) is 16.7. The van der Waals surface area contributed by atoms with Gasteiger partial charge < -0.3 is 14.4 Å². The van der Waals surface area contributed by atoms with Gasteiger partial charge in [-0.05, 0) is 62.3 Å². The number of carbonyl (C=O) groups is 1. The zero-order chi connectivity index (χ0) is 17.6. The first-order valence-electron chi connectivity index (χ1n) is 9.37. The van der Waals surface area contributed by atoms with Crippen LogP contribution in [0, 0.1) is 0 Å². The number of morpholine rings is 1. The van der Waals surface area contributed by atoms with Crippen molar-refractivity contribution >= 4 is 11.8 Å². The van der Waals surface area contributed by atoms with E-state index < -0.39 is 5.60 Å². The Morgan fingerprint density at radius 2 is 1.76 bits per heavy atom. The quantitative estimate of drug-likeness (QED) is 0.821. The van der Waals surface area contributed by atoms with Crippen molar-refractivity contribution in [3.05, 3.63) is 28.8 Å². The molecule has 2 aliphatic heterocycles. The third-order valence-electron chi connectivity index (χ3n) is 5.09. The van der Waals surface area contributed by atoms with Crippen molar-refractivity contribution in [3.8, 4) is 0 Å². The standard InChI is InChI=1S/C20H28N2O3/c1-20(2,3)25-19(23)22-12-15-10-17(14-4-5-14)18(11-16(15)13-22)21-6-8-24-9-7-21/h10-11,14H,4-9,12-13H2,1-3H3. The highest BCUT2D eigenvalue weighted by atomic mass is 16.6. The van der Waals surface area contributed by atoms with Gasteiger partial charge in [-0.3, -0.25) is 4.90 Å². The Morgan fingerprint density at radius 1 is 1.12 bits per heavy atom. The molecule has 2 heterocycles. The number of carbonyl (C=O) groups excluding carboxylic acids is 1. The number of nitrogens with zero attached hydrogens (tertiary/aromatic N) is 2. The van der Waals surface area contributed by atoms with Crippen molar-refractivity contribution in [1.82, 2.24) is 4.90 Å². The Bertz CT molecular complexity index is 670. The summed E-state index contributed by atoms with van der Waals surface area (Å²) in [4.78, 5) is 16.7. The minimum atomic E-state index is -0.454. The van der Waals surface area contributed by atoms with Crippen molar-refractivity contribution in [2.45, 2.75) is 58.2 Å². The van der Waals surface area contributed by atoms with E-state index in [2.05, 4.69) is 17.0 Å². The maximum absolute atomic E-state index is 12.4. The summed E-state index contributed by atoms with van der Waals surface area (Å²) in [6.07, 6.45) is 2.35. The molecule has 0 N–H and O–H groups in total. The van der Waals surface area contributed by atoms with Gasteiger partial charge in [-0.2, -0.15) is 0 Å². The highest BCUT2D eigenvalue weighted by Crippen LogP contribution is 2.46. The first-order valence-corrected chi connectivity index (χ1v) is 9.37. The minimum absolute atomic E-state index is 0.218. The van der Waals surface area contributed by atoms with Crippen molar-refractivity contribution in [2.75, 3.05) is 31.2 Å². The average molecular weight is 344 g/mol. The van der Waals surface area contributed by atoms with E-state index >= 15 is 0 Å². The number of rotatable bonds is 2. The Morgan fingerprint density at radius 3 is 2.36 bits per heavy atom.